The fourth-order valence-electron chi connectivity index (χ4n) is 5.45. The minimum Gasteiger partial charge on any atom is -0.504 e. The van der Waals surface area contributed by atoms with Crippen LogP contribution >= 0.6 is 0 Å². The lowest BCUT2D eigenvalue weighted by molar-refractivity contribution is 0.0622. The lowest BCUT2D eigenvalue weighted by Gasteiger charge is -2.45. The summed E-state index contributed by atoms with van der Waals surface area (Å²) in [4.78, 5) is 18.0. The average Bonchev–Trinajstić information content (AvgIpc) is 3.20. The van der Waals surface area contributed by atoms with Crippen molar-refractivity contribution in [1.82, 2.24) is 15.2 Å². The van der Waals surface area contributed by atoms with Gasteiger partial charge in [-0.25, -0.2) is 4.79 Å². The van der Waals surface area contributed by atoms with E-state index in [-0.39, 0.29) is 17.4 Å². The number of likely N-dealkylation sites (N-methyl/N-ethyl adjacent to an activating group) is 1. The number of amides is 1. The summed E-state index contributed by atoms with van der Waals surface area (Å²) in [6, 6.07) is 11.7. The second-order valence-corrected chi connectivity index (χ2v) is 9.10. The monoisotopic (exact) mass is 435 g/mol. The van der Waals surface area contributed by atoms with Gasteiger partial charge in [0.1, 0.15) is 0 Å². The number of benzene rings is 2. The lowest BCUT2D eigenvalue weighted by Crippen LogP contribution is -2.49. The molecular weight excluding hydrogens is 406 g/mol. The van der Waals surface area contributed by atoms with Crippen molar-refractivity contribution < 1.29 is 19.7 Å². The predicted octanol–water partition coefficient (Wildman–Crippen LogP) is 3.51. The molecule has 7 heteroatoms. The van der Waals surface area contributed by atoms with Gasteiger partial charge in [-0.15, -0.1) is 0 Å². The van der Waals surface area contributed by atoms with Crippen molar-refractivity contribution >= 4 is 17.0 Å². The Morgan fingerprint density at radius 2 is 2.12 bits per heavy atom. The Labute approximate surface area is 187 Å². The van der Waals surface area contributed by atoms with Crippen LogP contribution in [0.5, 0.6) is 11.5 Å². The highest BCUT2D eigenvalue weighted by Gasteiger charge is 2.39. The molecule has 1 saturated heterocycles. The first-order valence-electron chi connectivity index (χ1n) is 11.2. The van der Waals surface area contributed by atoms with Crippen LogP contribution in [0.25, 0.3) is 10.9 Å². The van der Waals surface area contributed by atoms with Crippen molar-refractivity contribution in [3.05, 3.63) is 59.3 Å². The minimum absolute atomic E-state index is 0.150. The summed E-state index contributed by atoms with van der Waals surface area (Å²) in [5.74, 6) is 0.425. The van der Waals surface area contributed by atoms with E-state index in [1.54, 1.807) is 6.07 Å². The quantitative estimate of drug-likeness (QED) is 0.460. The predicted molar refractivity (Wildman–Crippen MR) is 122 cm³/mol. The van der Waals surface area contributed by atoms with Crippen LogP contribution in [0.4, 0.5) is 4.79 Å². The number of nitrogens with one attached hydrogen (secondary N) is 2. The molecule has 0 saturated carbocycles. The Balaban J connectivity index is 1.16. The van der Waals surface area contributed by atoms with Gasteiger partial charge in [0, 0.05) is 48.1 Å². The molecule has 3 aromatic rings. The number of phenols is 2. The van der Waals surface area contributed by atoms with Crippen molar-refractivity contribution in [3.8, 4) is 11.5 Å². The van der Waals surface area contributed by atoms with Gasteiger partial charge >= 0.3 is 6.09 Å². The van der Waals surface area contributed by atoms with E-state index in [1.165, 1.54) is 34.2 Å². The van der Waals surface area contributed by atoms with E-state index in [9.17, 15) is 15.0 Å². The van der Waals surface area contributed by atoms with Crippen LogP contribution in [0.2, 0.25) is 0 Å². The van der Waals surface area contributed by atoms with E-state index in [0.29, 0.717) is 31.5 Å². The maximum atomic E-state index is 12.2. The van der Waals surface area contributed by atoms with Crippen molar-refractivity contribution in [2.75, 3.05) is 26.7 Å². The summed E-state index contributed by atoms with van der Waals surface area (Å²) >= 11 is 0. The average molecular weight is 436 g/mol. The summed E-state index contributed by atoms with van der Waals surface area (Å²) in [6.45, 7) is 1.71. The molecule has 4 N–H and O–H groups in total. The maximum Gasteiger partial charge on any atom is 0.407 e. The second kappa shape index (κ2) is 8.39. The largest absolute Gasteiger partial charge is 0.504 e. The number of aromatic hydroxyl groups is 2. The summed E-state index contributed by atoms with van der Waals surface area (Å²) in [7, 11) is 2.18. The van der Waals surface area contributed by atoms with Crippen LogP contribution in [0.3, 0.4) is 0 Å². The number of H-pyrrole nitrogens is 1. The Kier molecular flexibility index (Phi) is 5.43. The number of nitrogens with zero attached hydrogens (tertiary/aromatic N) is 1. The van der Waals surface area contributed by atoms with Crippen molar-refractivity contribution in [3.63, 3.8) is 0 Å². The third kappa shape index (κ3) is 3.88. The molecule has 3 atom stereocenters. The standard InChI is InChI=1S/C25H29N3O4/c1-28-13-16(14-32-25(31)26-8-7-15-5-6-22(29)23(30)10-15)9-19-18-3-2-4-20-24(18)17(12-27-20)11-21(19)28/h2-6,10,12,16,19,21,27,29-30H,7-9,11,13-14H2,1H3,(H,26,31)/t16-,19?,21-/m1/s1. The van der Waals surface area contributed by atoms with Gasteiger partial charge in [0.25, 0.3) is 0 Å². The normalized spacial score (nSPS) is 22.5. The lowest BCUT2D eigenvalue weighted by atomic mass is 9.72. The number of alkyl carbamates (subject to hydrolysis) is 1. The van der Waals surface area contributed by atoms with Crippen molar-refractivity contribution in [2.24, 2.45) is 5.92 Å². The maximum absolute atomic E-state index is 12.2. The van der Waals surface area contributed by atoms with Gasteiger partial charge in [0.15, 0.2) is 11.5 Å². The molecule has 2 aliphatic rings. The van der Waals surface area contributed by atoms with Crippen LogP contribution in [0, 0.1) is 5.92 Å². The molecule has 7 nitrogen and oxygen atoms in total. The fraction of sp³-hybridized carbons (Fsp3) is 0.400. The number of likely N-dealkylation sites (tertiary alicyclic amines) is 1. The number of aromatic amines is 1. The van der Waals surface area contributed by atoms with Gasteiger partial charge in [-0.05, 0) is 61.2 Å². The summed E-state index contributed by atoms with van der Waals surface area (Å²) < 4.78 is 5.55. The van der Waals surface area contributed by atoms with Gasteiger partial charge in [0.2, 0.25) is 0 Å². The smallest absolute Gasteiger partial charge is 0.407 e. The number of ether oxygens (including phenoxy) is 1. The number of fused-ring (bicyclic) bond motifs is 2. The molecule has 0 radical (unpaired) electrons. The van der Waals surface area contributed by atoms with Gasteiger partial charge in [-0.2, -0.15) is 0 Å². The molecule has 32 heavy (non-hydrogen) atoms. The van der Waals surface area contributed by atoms with E-state index >= 15 is 0 Å². The second-order valence-electron chi connectivity index (χ2n) is 9.10. The van der Waals surface area contributed by atoms with Crippen LogP contribution in [-0.2, 0) is 17.6 Å². The number of phenolic OH excluding ortho intramolecular Hbond substituents is 2. The molecule has 1 aliphatic carbocycles. The zero-order valence-corrected chi connectivity index (χ0v) is 18.2. The van der Waals surface area contributed by atoms with Gasteiger partial charge in [-0.3, -0.25) is 0 Å². The van der Waals surface area contributed by atoms with Gasteiger partial charge < -0.3 is 30.2 Å². The molecule has 1 aliphatic heterocycles. The van der Waals surface area contributed by atoms with Crippen LogP contribution in [-0.4, -0.2) is 59.0 Å². The number of rotatable bonds is 5. The van der Waals surface area contributed by atoms with Crippen molar-refractivity contribution in [2.45, 2.75) is 31.2 Å². The number of piperidine rings is 1. The Hall–Kier alpha value is -3.19. The molecule has 168 valence electrons. The van der Waals surface area contributed by atoms with E-state index in [2.05, 4.69) is 46.6 Å². The number of carbonyl (C=O) groups is 1. The minimum atomic E-state index is -0.420. The van der Waals surface area contributed by atoms with Gasteiger partial charge in [-0.1, -0.05) is 18.2 Å². The fourth-order valence-corrected chi connectivity index (χ4v) is 5.45. The highest BCUT2D eigenvalue weighted by molar-refractivity contribution is 5.88. The summed E-state index contributed by atoms with van der Waals surface area (Å²) in [5.41, 5.74) is 4.85. The third-order valence-electron chi connectivity index (χ3n) is 6.99. The van der Waals surface area contributed by atoms with E-state index in [0.717, 1.165) is 24.9 Å². The molecule has 1 fully saturated rings. The summed E-state index contributed by atoms with van der Waals surface area (Å²) in [5, 5.41) is 23.1. The van der Waals surface area contributed by atoms with Crippen molar-refractivity contribution in [1.29, 1.82) is 0 Å². The molecule has 0 bridgehead atoms. The molecular formula is C25H29N3O4. The molecule has 5 rings (SSSR count). The van der Waals surface area contributed by atoms with E-state index in [4.69, 9.17) is 4.74 Å². The number of aromatic nitrogens is 1. The Morgan fingerprint density at radius 1 is 1.25 bits per heavy atom. The highest BCUT2D eigenvalue weighted by atomic mass is 16.5. The third-order valence-corrected chi connectivity index (χ3v) is 6.99. The molecule has 0 spiro atoms. The first kappa shape index (κ1) is 20.7. The molecule has 2 heterocycles. The van der Waals surface area contributed by atoms with E-state index < -0.39 is 6.09 Å². The zero-order chi connectivity index (χ0) is 22.2. The molecule has 1 unspecified atom stereocenters. The van der Waals surface area contributed by atoms with Crippen LogP contribution in [0.15, 0.2) is 42.6 Å². The SMILES string of the molecule is CN1C[C@H](COC(=O)NCCc2ccc(O)c(O)c2)CC2c3cccc4[nH]cc(c34)C[C@H]21. The first-order valence-corrected chi connectivity index (χ1v) is 11.2. The highest BCUT2D eigenvalue weighted by Crippen LogP contribution is 2.44. The van der Waals surface area contributed by atoms with Gasteiger partial charge in [0.05, 0.1) is 6.61 Å². The number of hydrogen-bond donors (Lipinski definition) is 4. The van der Waals surface area contributed by atoms with Crippen LogP contribution < -0.4 is 5.32 Å². The van der Waals surface area contributed by atoms with E-state index in [1.807, 2.05) is 0 Å². The molecule has 1 aromatic heterocycles. The molecule has 1 amide bonds. The zero-order valence-electron chi connectivity index (χ0n) is 18.2. The topological polar surface area (TPSA) is 97.8 Å². The number of carbonyl (C=O) groups excluding carboxylic acids is 1. The number of hydrogen-bond acceptors (Lipinski definition) is 5. The Bertz CT molecular complexity index is 1140. The first-order chi connectivity index (χ1) is 15.5. The van der Waals surface area contributed by atoms with Crippen LogP contribution in [0.1, 0.15) is 29.0 Å². The molecule has 2 aromatic carbocycles. The Morgan fingerprint density at radius 3 is 2.97 bits per heavy atom. The summed E-state index contributed by atoms with van der Waals surface area (Å²) in [6.07, 6.45) is 4.34.